The maximum atomic E-state index is 10.2. The molecule has 0 unspecified atom stereocenters. The number of aliphatic hydroxyl groups is 1. The fourth-order valence-electron chi connectivity index (χ4n) is 2.37. The second-order valence-electron chi connectivity index (χ2n) is 5.70. The van der Waals surface area contributed by atoms with Crippen molar-refractivity contribution in [1.82, 2.24) is 5.32 Å². The normalized spacial score (nSPS) is 28.7. The Balaban J connectivity index is 1.67. The second kappa shape index (κ2) is 3.82. The fourth-order valence-corrected chi connectivity index (χ4v) is 2.37. The van der Waals surface area contributed by atoms with Crippen molar-refractivity contribution in [2.45, 2.75) is 57.5 Å². The fraction of sp³-hybridized carbons (Fsp3) is 1.00. The second-order valence-corrected chi connectivity index (χ2v) is 5.70. The molecule has 0 bridgehead atoms. The molecule has 0 aromatic carbocycles. The first kappa shape index (κ1) is 10.4. The van der Waals surface area contributed by atoms with Gasteiger partial charge in [0.15, 0.2) is 0 Å². The quantitative estimate of drug-likeness (QED) is 0.723. The van der Waals surface area contributed by atoms with Crippen LogP contribution in [0.3, 0.4) is 0 Å². The van der Waals surface area contributed by atoms with E-state index in [1.807, 2.05) is 0 Å². The van der Waals surface area contributed by atoms with E-state index in [2.05, 4.69) is 12.2 Å². The third-order valence-electron chi connectivity index (χ3n) is 3.89. The van der Waals surface area contributed by atoms with Crippen molar-refractivity contribution in [2.24, 2.45) is 5.41 Å². The van der Waals surface area contributed by atoms with Crippen LogP contribution in [0.15, 0.2) is 0 Å². The summed E-state index contributed by atoms with van der Waals surface area (Å²) in [4.78, 5) is 0. The van der Waals surface area contributed by atoms with Gasteiger partial charge >= 0.3 is 0 Å². The highest BCUT2D eigenvalue weighted by atomic mass is 16.3. The summed E-state index contributed by atoms with van der Waals surface area (Å²) in [6, 6.07) is 0. The highest BCUT2D eigenvalue weighted by molar-refractivity contribution is 4.92. The molecule has 0 atom stereocenters. The lowest BCUT2D eigenvalue weighted by Gasteiger charge is -2.32. The molecule has 2 fully saturated rings. The molecule has 0 saturated heterocycles. The average Bonchev–Trinajstić information content (AvgIpc) is 2.85. The molecule has 2 aliphatic carbocycles. The number of rotatable bonds is 4. The van der Waals surface area contributed by atoms with Crippen LogP contribution in [0.4, 0.5) is 0 Å². The molecule has 0 radical (unpaired) electrons. The highest BCUT2D eigenvalue weighted by Gasteiger charge is 2.37. The maximum Gasteiger partial charge on any atom is 0.0771 e. The summed E-state index contributed by atoms with van der Waals surface area (Å²) in [6.07, 6.45) is 8.43. The molecule has 0 aromatic heterocycles. The molecule has 0 aliphatic heterocycles. The van der Waals surface area contributed by atoms with Gasteiger partial charge in [0, 0.05) is 13.1 Å². The van der Waals surface area contributed by atoms with Gasteiger partial charge in [0.05, 0.1) is 5.60 Å². The third kappa shape index (κ3) is 2.71. The van der Waals surface area contributed by atoms with Crippen LogP contribution < -0.4 is 5.32 Å². The van der Waals surface area contributed by atoms with Crippen LogP contribution in [-0.2, 0) is 0 Å². The Morgan fingerprint density at radius 3 is 2.21 bits per heavy atom. The number of nitrogens with one attached hydrogen (secondary N) is 1. The number of hydrogen-bond acceptors (Lipinski definition) is 2. The highest BCUT2D eigenvalue weighted by Crippen LogP contribution is 2.44. The van der Waals surface area contributed by atoms with Crippen molar-refractivity contribution in [3.8, 4) is 0 Å². The Hall–Kier alpha value is -0.0800. The van der Waals surface area contributed by atoms with E-state index in [-0.39, 0.29) is 5.60 Å². The van der Waals surface area contributed by atoms with Crippen molar-refractivity contribution in [3.05, 3.63) is 0 Å². The lowest BCUT2D eigenvalue weighted by Crippen LogP contribution is -2.43. The number of hydrogen-bond donors (Lipinski definition) is 2. The molecule has 0 heterocycles. The van der Waals surface area contributed by atoms with Gasteiger partial charge in [-0.05, 0) is 31.1 Å². The van der Waals surface area contributed by atoms with Gasteiger partial charge in [-0.15, -0.1) is 0 Å². The summed E-state index contributed by atoms with van der Waals surface area (Å²) >= 11 is 0. The summed E-state index contributed by atoms with van der Waals surface area (Å²) in [5.41, 5.74) is 0.175. The van der Waals surface area contributed by atoms with Gasteiger partial charge in [-0.25, -0.2) is 0 Å². The largest absolute Gasteiger partial charge is 0.389 e. The average molecular weight is 197 g/mol. The van der Waals surface area contributed by atoms with E-state index in [0.717, 1.165) is 25.9 Å². The minimum Gasteiger partial charge on any atom is -0.389 e. The summed E-state index contributed by atoms with van der Waals surface area (Å²) in [5.74, 6) is 0. The Kier molecular flexibility index (Phi) is 2.85. The standard InChI is InChI=1S/C12H23NO/c1-11(7-8-11)9-13-10-12(14)5-3-2-4-6-12/h13-14H,2-10H2,1H3. The minimum atomic E-state index is -0.385. The molecule has 2 N–H and O–H groups in total. The summed E-state index contributed by atoms with van der Waals surface area (Å²) in [7, 11) is 0. The molecule has 2 rings (SSSR count). The van der Waals surface area contributed by atoms with Gasteiger partial charge in [0.25, 0.3) is 0 Å². The lowest BCUT2D eigenvalue weighted by atomic mass is 9.85. The molecule has 0 amide bonds. The van der Waals surface area contributed by atoms with E-state index >= 15 is 0 Å². The summed E-state index contributed by atoms with van der Waals surface area (Å²) in [6.45, 7) is 4.23. The Morgan fingerprint density at radius 1 is 1.00 bits per heavy atom. The van der Waals surface area contributed by atoms with Crippen LogP contribution >= 0.6 is 0 Å². The van der Waals surface area contributed by atoms with Crippen LogP contribution in [-0.4, -0.2) is 23.8 Å². The lowest BCUT2D eigenvalue weighted by molar-refractivity contribution is 0.00425. The molecule has 2 aliphatic rings. The van der Waals surface area contributed by atoms with Crippen LogP contribution in [0.25, 0.3) is 0 Å². The van der Waals surface area contributed by atoms with E-state index in [0.29, 0.717) is 5.41 Å². The Morgan fingerprint density at radius 2 is 1.64 bits per heavy atom. The van der Waals surface area contributed by atoms with Crippen molar-refractivity contribution >= 4 is 0 Å². The first-order valence-corrected chi connectivity index (χ1v) is 6.05. The van der Waals surface area contributed by atoms with Crippen LogP contribution in [0.5, 0.6) is 0 Å². The predicted octanol–water partition coefficient (Wildman–Crippen LogP) is 2.07. The van der Waals surface area contributed by atoms with Gasteiger partial charge in [0.1, 0.15) is 0 Å². The Labute approximate surface area is 87.1 Å². The van der Waals surface area contributed by atoms with Gasteiger partial charge in [0.2, 0.25) is 0 Å². The molecular weight excluding hydrogens is 174 g/mol. The molecule has 2 nitrogen and oxygen atoms in total. The molecule has 2 heteroatoms. The van der Waals surface area contributed by atoms with Crippen molar-refractivity contribution < 1.29 is 5.11 Å². The van der Waals surface area contributed by atoms with Gasteiger partial charge in [-0.3, -0.25) is 0 Å². The SMILES string of the molecule is CC1(CNCC2(O)CCCCC2)CC1. The van der Waals surface area contributed by atoms with Crippen molar-refractivity contribution in [3.63, 3.8) is 0 Å². The topological polar surface area (TPSA) is 32.3 Å². The monoisotopic (exact) mass is 197 g/mol. The van der Waals surface area contributed by atoms with Crippen LogP contribution in [0.2, 0.25) is 0 Å². The third-order valence-corrected chi connectivity index (χ3v) is 3.89. The van der Waals surface area contributed by atoms with E-state index < -0.39 is 0 Å². The molecule has 0 spiro atoms. The summed E-state index contributed by atoms with van der Waals surface area (Å²) < 4.78 is 0. The zero-order valence-electron chi connectivity index (χ0n) is 9.31. The first-order chi connectivity index (χ1) is 6.62. The van der Waals surface area contributed by atoms with Crippen molar-refractivity contribution in [1.29, 1.82) is 0 Å². The van der Waals surface area contributed by atoms with Gasteiger partial charge in [-0.1, -0.05) is 26.2 Å². The first-order valence-electron chi connectivity index (χ1n) is 6.05. The molecule has 2 saturated carbocycles. The zero-order chi connectivity index (χ0) is 10.1. The predicted molar refractivity (Wildman–Crippen MR) is 58.2 cm³/mol. The molecule has 82 valence electrons. The molecular formula is C12H23NO. The van der Waals surface area contributed by atoms with Crippen molar-refractivity contribution in [2.75, 3.05) is 13.1 Å². The molecule has 0 aromatic rings. The van der Waals surface area contributed by atoms with E-state index in [9.17, 15) is 5.11 Å². The molecule has 14 heavy (non-hydrogen) atoms. The minimum absolute atomic E-state index is 0.385. The van der Waals surface area contributed by atoms with E-state index in [1.54, 1.807) is 0 Å². The van der Waals surface area contributed by atoms with Crippen LogP contribution in [0, 0.1) is 5.41 Å². The Bertz CT molecular complexity index is 192. The van der Waals surface area contributed by atoms with Crippen LogP contribution in [0.1, 0.15) is 51.9 Å². The van der Waals surface area contributed by atoms with E-state index in [4.69, 9.17) is 0 Å². The van der Waals surface area contributed by atoms with E-state index in [1.165, 1.54) is 32.1 Å². The van der Waals surface area contributed by atoms with Gasteiger partial charge in [-0.2, -0.15) is 0 Å². The zero-order valence-corrected chi connectivity index (χ0v) is 9.31. The summed E-state index contributed by atoms with van der Waals surface area (Å²) in [5, 5.41) is 13.7. The van der Waals surface area contributed by atoms with Gasteiger partial charge < -0.3 is 10.4 Å². The smallest absolute Gasteiger partial charge is 0.0771 e. The maximum absolute atomic E-state index is 10.2.